The van der Waals surface area contributed by atoms with Crippen LogP contribution in [0, 0.1) is 6.92 Å². The molecule has 1 rings (SSSR count). The van der Waals surface area contributed by atoms with Gasteiger partial charge in [0, 0.05) is 17.3 Å². The van der Waals surface area contributed by atoms with E-state index in [1.54, 1.807) is 6.92 Å². The Morgan fingerprint density at radius 2 is 1.92 bits per heavy atom. The third-order valence-electron chi connectivity index (χ3n) is 1.76. The molecule has 4 nitrogen and oxygen atoms in total. The largest absolute Gasteiger partial charge is 2.00 e. The molecular weight excluding hydrogens is 223 g/mol. The van der Waals surface area contributed by atoms with Gasteiger partial charge >= 0.3 is 19.5 Å². The Morgan fingerprint density at radius 3 is 2.38 bits per heavy atom. The molecular formula is C8H11NO3Zn+2. The van der Waals surface area contributed by atoms with Gasteiger partial charge in [-0.1, -0.05) is 0 Å². The number of aromatic hydroxyl groups is 1. The summed E-state index contributed by atoms with van der Waals surface area (Å²) in [6, 6.07) is 0. The SMILES string of the molecule is Cc1ncc(CO)c(CO)c1O.[Zn+2]. The van der Waals surface area contributed by atoms with E-state index in [2.05, 4.69) is 4.98 Å². The van der Waals surface area contributed by atoms with Gasteiger partial charge in [0.1, 0.15) is 5.75 Å². The minimum Gasteiger partial charge on any atom is -0.506 e. The summed E-state index contributed by atoms with van der Waals surface area (Å²) >= 11 is 0. The van der Waals surface area contributed by atoms with Crippen molar-refractivity contribution in [3.05, 3.63) is 23.0 Å². The van der Waals surface area contributed by atoms with Gasteiger partial charge in [0.25, 0.3) is 0 Å². The van der Waals surface area contributed by atoms with Crippen molar-refractivity contribution >= 4 is 0 Å². The van der Waals surface area contributed by atoms with E-state index in [0.29, 0.717) is 16.8 Å². The number of aliphatic hydroxyl groups is 2. The number of rotatable bonds is 2. The Labute approximate surface area is 89.0 Å². The zero-order chi connectivity index (χ0) is 9.14. The van der Waals surface area contributed by atoms with Crippen LogP contribution < -0.4 is 0 Å². The molecule has 0 fully saturated rings. The van der Waals surface area contributed by atoms with Crippen LogP contribution in [0.2, 0.25) is 0 Å². The van der Waals surface area contributed by atoms with Crippen LogP contribution in [0.15, 0.2) is 6.20 Å². The van der Waals surface area contributed by atoms with Gasteiger partial charge in [-0.3, -0.25) is 4.98 Å². The molecule has 0 radical (unpaired) electrons. The minimum atomic E-state index is -0.287. The van der Waals surface area contributed by atoms with Crippen LogP contribution in [-0.4, -0.2) is 20.3 Å². The Hall–Kier alpha value is -0.507. The molecule has 3 N–H and O–H groups in total. The van der Waals surface area contributed by atoms with Crippen LogP contribution in [0.3, 0.4) is 0 Å². The van der Waals surface area contributed by atoms with E-state index in [0.717, 1.165) is 0 Å². The molecule has 0 unspecified atom stereocenters. The molecule has 1 aromatic heterocycles. The van der Waals surface area contributed by atoms with E-state index in [9.17, 15) is 5.11 Å². The molecule has 0 spiro atoms. The van der Waals surface area contributed by atoms with E-state index >= 15 is 0 Å². The fraction of sp³-hybridized carbons (Fsp3) is 0.375. The molecule has 1 aromatic rings. The van der Waals surface area contributed by atoms with Crippen LogP contribution in [0.25, 0.3) is 0 Å². The quantitative estimate of drug-likeness (QED) is 0.634. The van der Waals surface area contributed by atoms with Crippen LogP contribution >= 0.6 is 0 Å². The summed E-state index contributed by atoms with van der Waals surface area (Å²) in [5, 5.41) is 27.0. The number of hydrogen-bond acceptors (Lipinski definition) is 4. The van der Waals surface area contributed by atoms with Gasteiger partial charge in [-0.05, 0) is 6.92 Å². The van der Waals surface area contributed by atoms with E-state index in [1.165, 1.54) is 6.20 Å². The Balaban J connectivity index is 0.00000144. The van der Waals surface area contributed by atoms with E-state index in [1.807, 2.05) is 0 Å². The van der Waals surface area contributed by atoms with Crippen LogP contribution in [0.5, 0.6) is 5.75 Å². The van der Waals surface area contributed by atoms with E-state index in [4.69, 9.17) is 10.2 Å². The smallest absolute Gasteiger partial charge is 0.506 e. The minimum absolute atomic E-state index is 0. The molecule has 0 aromatic carbocycles. The number of aromatic nitrogens is 1. The summed E-state index contributed by atoms with van der Waals surface area (Å²) in [7, 11) is 0. The molecule has 0 amide bonds. The van der Waals surface area contributed by atoms with Gasteiger partial charge in [0.15, 0.2) is 0 Å². The molecule has 0 saturated carbocycles. The number of aliphatic hydroxyl groups excluding tert-OH is 2. The summed E-state index contributed by atoms with van der Waals surface area (Å²) in [6.45, 7) is 1.12. The van der Waals surface area contributed by atoms with E-state index in [-0.39, 0.29) is 38.4 Å². The summed E-state index contributed by atoms with van der Waals surface area (Å²) in [6.07, 6.45) is 1.45. The first kappa shape index (κ1) is 12.5. The predicted octanol–water partition coefficient (Wildman–Crippen LogP) is 0.0777. The molecule has 0 aliphatic rings. The molecule has 66 valence electrons. The van der Waals surface area contributed by atoms with Crippen molar-refractivity contribution in [2.24, 2.45) is 0 Å². The van der Waals surface area contributed by atoms with Crippen molar-refractivity contribution in [2.75, 3.05) is 0 Å². The molecule has 0 bridgehead atoms. The first-order valence-corrected chi connectivity index (χ1v) is 3.58. The van der Waals surface area contributed by atoms with Crippen molar-refractivity contribution < 1.29 is 34.8 Å². The maximum Gasteiger partial charge on any atom is 2.00 e. The fourth-order valence-corrected chi connectivity index (χ4v) is 0.997. The van der Waals surface area contributed by atoms with Gasteiger partial charge in [0.05, 0.1) is 18.9 Å². The molecule has 0 aliphatic carbocycles. The summed E-state index contributed by atoms with van der Waals surface area (Å²) in [4.78, 5) is 3.84. The van der Waals surface area contributed by atoms with Crippen molar-refractivity contribution in [1.82, 2.24) is 4.98 Å². The molecule has 5 heteroatoms. The second-order valence-corrected chi connectivity index (χ2v) is 2.51. The number of hydrogen-bond donors (Lipinski definition) is 3. The maximum absolute atomic E-state index is 9.38. The maximum atomic E-state index is 9.38. The second kappa shape index (κ2) is 5.27. The van der Waals surface area contributed by atoms with Gasteiger partial charge < -0.3 is 15.3 Å². The molecule has 0 aliphatic heterocycles. The third-order valence-corrected chi connectivity index (χ3v) is 1.76. The van der Waals surface area contributed by atoms with Crippen molar-refractivity contribution in [3.63, 3.8) is 0 Å². The normalized spacial score (nSPS) is 9.46. The molecule has 0 atom stereocenters. The average Bonchev–Trinajstić information content (AvgIpc) is 2.09. The predicted molar refractivity (Wildman–Crippen MR) is 42.5 cm³/mol. The van der Waals surface area contributed by atoms with Gasteiger partial charge in [-0.2, -0.15) is 0 Å². The number of aryl methyl sites for hydroxylation is 1. The van der Waals surface area contributed by atoms with Crippen molar-refractivity contribution in [1.29, 1.82) is 0 Å². The second-order valence-electron chi connectivity index (χ2n) is 2.51. The standard InChI is InChI=1S/C8H11NO3.Zn/c1-5-8(12)7(4-11)6(3-10)2-9-5;/h2,10-12H,3-4H2,1H3;/q;+2. The van der Waals surface area contributed by atoms with Gasteiger partial charge in [0.2, 0.25) is 0 Å². The first-order valence-electron chi connectivity index (χ1n) is 3.58. The number of pyridine rings is 1. The molecule has 13 heavy (non-hydrogen) atoms. The topological polar surface area (TPSA) is 73.6 Å². The first-order chi connectivity index (χ1) is 5.70. The number of nitrogens with zero attached hydrogens (tertiary/aromatic N) is 1. The van der Waals surface area contributed by atoms with Crippen molar-refractivity contribution in [2.45, 2.75) is 20.1 Å². The summed E-state index contributed by atoms with van der Waals surface area (Å²) in [5.74, 6) is -0.0379. The van der Waals surface area contributed by atoms with E-state index < -0.39 is 0 Å². The zero-order valence-corrected chi connectivity index (χ0v) is 10.5. The molecule has 1 heterocycles. The Morgan fingerprint density at radius 1 is 1.31 bits per heavy atom. The molecule has 0 saturated heterocycles. The van der Waals surface area contributed by atoms with Gasteiger partial charge in [-0.15, -0.1) is 0 Å². The van der Waals surface area contributed by atoms with Crippen LogP contribution in [0.4, 0.5) is 0 Å². The monoisotopic (exact) mass is 233 g/mol. The summed E-state index contributed by atoms with van der Waals surface area (Å²) < 4.78 is 0. The fourth-order valence-electron chi connectivity index (χ4n) is 0.997. The Bertz CT molecular complexity index is 291. The van der Waals surface area contributed by atoms with Crippen LogP contribution in [0.1, 0.15) is 16.8 Å². The Kier molecular flexibility index (Phi) is 5.07. The van der Waals surface area contributed by atoms with Crippen LogP contribution in [-0.2, 0) is 32.7 Å². The zero-order valence-electron chi connectivity index (χ0n) is 7.49. The average molecular weight is 235 g/mol. The van der Waals surface area contributed by atoms with Crippen molar-refractivity contribution in [3.8, 4) is 5.75 Å². The summed E-state index contributed by atoms with van der Waals surface area (Å²) in [5.41, 5.74) is 1.27. The third kappa shape index (κ3) is 2.47. The van der Waals surface area contributed by atoms with Gasteiger partial charge in [-0.25, -0.2) is 0 Å².